The molecular formula is C17H25NO2. The number of nitrogens with zero attached hydrogens (tertiary/aromatic N) is 1. The van der Waals surface area contributed by atoms with Gasteiger partial charge in [-0.15, -0.1) is 0 Å². The van der Waals surface area contributed by atoms with Gasteiger partial charge in [-0.05, 0) is 68.5 Å². The standard InChI is InChI=1S/C17H25NO2/c1-3-9-18(10-4-2)16-8-7-13-5-6-14(17(19)20)11-15(13)12-16/h5-6,11,16H,3-4,7-10,12H2,1-2H3,(H,19,20). The number of aromatic carboxylic acids is 1. The van der Waals surface area contributed by atoms with Crippen molar-refractivity contribution in [2.45, 2.75) is 52.0 Å². The highest BCUT2D eigenvalue weighted by molar-refractivity contribution is 5.87. The first kappa shape index (κ1) is 15.0. The van der Waals surface area contributed by atoms with E-state index >= 15 is 0 Å². The van der Waals surface area contributed by atoms with E-state index in [-0.39, 0.29) is 0 Å². The molecule has 3 nitrogen and oxygen atoms in total. The van der Waals surface area contributed by atoms with Crippen molar-refractivity contribution < 1.29 is 9.90 Å². The molecule has 2 rings (SSSR count). The molecule has 0 saturated carbocycles. The minimum Gasteiger partial charge on any atom is -0.478 e. The van der Waals surface area contributed by atoms with E-state index in [9.17, 15) is 4.79 Å². The molecule has 1 atom stereocenters. The summed E-state index contributed by atoms with van der Waals surface area (Å²) in [6.07, 6.45) is 5.62. The van der Waals surface area contributed by atoms with Crippen molar-refractivity contribution in [3.63, 3.8) is 0 Å². The molecule has 1 aliphatic carbocycles. The molecule has 0 fully saturated rings. The normalized spacial score (nSPS) is 18.1. The maximum Gasteiger partial charge on any atom is 0.335 e. The van der Waals surface area contributed by atoms with Crippen LogP contribution in [0.2, 0.25) is 0 Å². The average molecular weight is 275 g/mol. The number of benzene rings is 1. The second kappa shape index (κ2) is 6.89. The van der Waals surface area contributed by atoms with Gasteiger partial charge in [-0.2, -0.15) is 0 Å². The van der Waals surface area contributed by atoms with Crippen molar-refractivity contribution >= 4 is 5.97 Å². The fraction of sp³-hybridized carbons (Fsp3) is 0.588. The van der Waals surface area contributed by atoms with Crippen molar-refractivity contribution in [2.24, 2.45) is 0 Å². The molecule has 0 amide bonds. The van der Waals surface area contributed by atoms with Crippen LogP contribution in [0.5, 0.6) is 0 Å². The molecule has 0 bridgehead atoms. The van der Waals surface area contributed by atoms with E-state index in [0.717, 1.165) is 25.9 Å². The van der Waals surface area contributed by atoms with Gasteiger partial charge < -0.3 is 10.0 Å². The SMILES string of the molecule is CCCN(CCC)C1CCc2ccc(C(=O)O)cc2C1. The number of carboxylic acids is 1. The van der Waals surface area contributed by atoms with Gasteiger partial charge in [-0.1, -0.05) is 19.9 Å². The first-order valence-corrected chi connectivity index (χ1v) is 7.74. The Bertz CT molecular complexity index is 464. The molecule has 110 valence electrons. The molecule has 1 aromatic rings. The number of carboxylic acid groups (broad SMARTS) is 1. The Kier molecular flexibility index (Phi) is 5.18. The van der Waals surface area contributed by atoms with E-state index in [1.165, 1.54) is 30.4 Å². The Morgan fingerprint density at radius 3 is 2.55 bits per heavy atom. The van der Waals surface area contributed by atoms with E-state index in [0.29, 0.717) is 11.6 Å². The molecule has 1 aromatic carbocycles. The van der Waals surface area contributed by atoms with Crippen LogP contribution in [0.25, 0.3) is 0 Å². The minimum atomic E-state index is -0.825. The van der Waals surface area contributed by atoms with Crippen LogP contribution in [-0.2, 0) is 12.8 Å². The Balaban J connectivity index is 2.15. The number of fused-ring (bicyclic) bond motifs is 1. The third kappa shape index (κ3) is 3.40. The van der Waals surface area contributed by atoms with Crippen LogP contribution in [0.4, 0.5) is 0 Å². The molecule has 0 heterocycles. The second-order valence-electron chi connectivity index (χ2n) is 5.72. The average Bonchev–Trinajstić information content (AvgIpc) is 2.45. The van der Waals surface area contributed by atoms with Crippen molar-refractivity contribution in [1.82, 2.24) is 4.90 Å². The van der Waals surface area contributed by atoms with E-state index in [4.69, 9.17) is 5.11 Å². The largest absolute Gasteiger partial charge is 0.478 e. The molecule has 3 heteroatoms. The highest BCUT2D eigenvalue weighted by Gasteiger charge is 2.24. The monoisotopic (exact) mass is 275 g/mol. The van der Waals surface area contributed by atoms with Crippen LogP contribution in [0, 0.1) is 0 Å². The predicted octanol–water partition coefficient (Wildman–Crippen LogP) is 3.36. The van der Waals surface area contributed by atoms with Crippen LogP contribution < -0.4 is 0 Å². The third-order valence-electron chi connectivity index (χ3n) is 4.19. The van der Waals surface area contributed by atoms with E-state index in [2.05, 4.69) is 18.7 Å². The molecule has 1 N–H and O–H groups in total. The lowest BCUT2D eigenvalue weighted by molar-refractivity contribution is 0.0696. The molecule has 1 unspecified atom stereocenters. The van der Waals surface area contributed by atoms with Crippen LogP contribution in [0.1, 0.15) is 54.6 Å². The van der Waals surface area contributed by atoms with Gasteiger partial charge in [0.2, 0.25) is 0 Å². The van der Waals surface area contributed by atoms with Gasteiger partial charge in [0.25, 0.3) is 0 Å². The van der Waals surface area contributed by atoms with Crippen molar-refractivity contribution in [2.75, 3.05) is 13.1 Å². The summed E-state index contributed by atoms with van der Waals surface area (Å²) in [7, 11) is 0. The first-order chi connectivity index (χ1) is 9.65. The fourth-order valence-electron chi connectivity index (χ4n) is 3.23. The van der Waals surface area contributed by atoms with Gasteiger partial charge in [-0.25, -0.2) is 4.79 Å². The van der Waals surface area contributed by atoms with Gasteiger partial charge in [0.05, 0.1) is 5.56 Å². The van der Waals surface area contributed by atoms with Gasteiger partial charge in [-0.3, -0.25) is 0 Å². The summed E-state index contributed by atoms with van der Waals surface area (Å²) in [5, 5.41) is 9.12. The lowest BCUT2D eigenvalue weighted by Gasteiger charge is -2.35. The van der Waals surface area contributed by atoms with Crippen molar-refractivity contribution in [1.29, 1.82) is 0 Å². The van der Waals surface area contributed by atoms with Gasteiger partial charge in [0.1, 0.15) is 0 Å². The number of rotatable bonds is 6. The summed E-state index contributed by atoms with van der Waals surface area (Å²) in [5.41, 5.74) is 2.99. The quantitative estimate of drug-likeness (QED) is 0.865. The predicted molar refractivity (Wildman–Crippen MR) is 81.4 cm³/mol. The molecule has 0 radical (unpaired) electrons. The minimum absolute atomic E-state index is 0.418. The maximum atomic E-state index is 11.1. The molecular weight excluding hydrogens is 250 g/mol. The number of carbonyl (C=O) groups is 1. The van der Waals surface area contributed by atoms with E-state index in [1.807, 2.05) is 12.1 Å². The summed E-state index contributed by atoms with van der Waals surface area (Å²) in [4.78, 5) is 13.7. The molecule has 20 heavy (non-hydrogen) atoms. The number of aryl methyl sites for hydroxylation is 1. The Labute approximate surface area is 121 Å². The second-order valence-corrected chi connectivity index (χ2v) is 5.72. The summed E-state index contributed by atoms with van der Waals surface area (Å²) in [5.74, 6) is -0.825. The smallest absolute Gasteiger partial charge is 0.335 e. The van der Waals surface area contributed by atoms with Gasteiger partial charge in [0, 0.05) is 6.04 Å². The summed E-state index contributed by atoms with van der Waals surface area (Å²) in [6, 6.07) is 6.18. The zero-order valence-corrected chi connectivity index (χ0v) is 12.6. The van der Waals surface area contributed by atoms with Crippen LogP contribution in [0.15, 0.2) is 18.2 Å². The lowest BCUT2D eigenvalue weighted by Crippen LogP contribution is -2.40. The topological polar surface area (TPSA) is 40.5 Å². The van der Waals surface area contributed by atoms with Gasteiger partial charge >= 0.3 is 5.97 Å². The summed E-state index contributed by atoms with van der Waals surface area (Å²) < 4.78 is 0. The number of hydrogen-bond acceptors (Lipinski definition) is 2. The molecule has 0 aliphatic heterocycles. The Morgan fingerprint density at radius 1 is 1.25 bits per heavy atom. The van der Waals surface area contributed by atoms with Crippen molar-refractivity contribution in [3.8, 4) is 0 Å². The van der Waals surface area contributed by atoms with Gasteiger partial charge in [0.15, 0.2) is 0 Å². The molecule has 0 spiro atoms. The Morgan fingerprint density at radius 2 is 1.95 bits per heavy atom. The highest BCUT2D eigenvalue weighted by atomic mass is 16.4. The Hall–Kier alpha value is -1.35. The summed E-state index contributed by atoms with van der Waals surface area (Å²) >= 11 is 0. The summed E-state index contributed by atoms with van der Waals surface area (Å²) in [6.45, 7) is 6.74. The van der Waals surface area contributed by atoms with Crippen LogP contribution in [-0.4, -0.2) is 35.1 Å². The fourth-order valence-corrected chi connectivity index (χ4v) is 3.23. The van der Waals surface area contributed by atoms with Crippen LogP contribution >= 0.6 is 0 Å². The zero-order chi connectivity index (χ0) is 14.5. The van der Waals surface area contributed by atoms with Crippen LogP contribution in [0.3, 0.4) is 0 Å². The third-order valence-corrected chi connectivity index (χ3v) is 4.19. The molecule has 1 aliphatic rings. The molecule has 0 aromatic heterocycles. The highest BCUT2D eigenvalue weighted by Crippen LogP contribution is 2.26. The van der Waals surface area contributed by atoms with E-state index < -0.39 is 5.97 Å². The van der Waals surface area contributed by atoms with E-state index in [1.54, 1.807) is 6.07 Å². The molecule has 0 saturated heterocycles. The number of hydrogen-bond donors (Lipinski definition) is 1. The lowest BCUT2D eigenvalue weighted by atomic mass is 9.86. The van der Waals surface area contributed by atoms with Crippen molar-refractivity contribution in [3.05, 3.63) is 34.9 Å². The zero-order valence-electron chi connectivity index (χ0n) is 12.6. The first-order valence-electron chi connectivity index (χ1n) is 7.74. The maximum absolute atomic E-state index is 11.1.